The molecular formula is C52H40Cl4N4O4. The van der Waals surface area contributed by atoms with Crippen LogP contribution < -0.4 is 22.9 Å². The van der Waals surface area contributed by atoms with Crippen molar-refractivity contribution in [2.75, 3.05) is 22.9 Å². The monoisotopic (exact) mass is 924 g/mol. The van der Waals surface area contributed by atoms with Crippen molar-refractivity contribution in [1.29, 1.82) is 0 Å². The Morgan fingerprint density at radius 2 is 0.438 bits per heavy atom. The van der Waals surface area contributed by atoms with Gasteiger partial charge < -0.3 is 22.9 Å². The molecule has 8 nitrogen and oxygen atoms in total. The normalized spacial score (nSPS) is 10.1. The summed E-state index contributed by atoms with van der Waals surface area (Å²) < 4.78 is 0. The molecular weight excluding hydrogens is 886 g/mol. The molecule has 0 aliphatic heterocycles. The van der Waals surface area contributed by atoms with Crippen molar-refractivity contribution < 1.29 is 19.2 Å². The Bertz CT molecular complexity index is 2490. The van der Waals surface area contributed by atoms with Gasteiger partial charge in [-0.1, -0.05) is 168 Å². The fourth-order valence-corrected chi connectivity index (χ4v) is 6.57. The zero-order valence-electron chi connectivity index (χ0n) is 33.9. The second kappa shape index (κ2) is 23.3. The number of carbonyl (C=O) groups is 4. The van der Waals surface area contributed by atoms with Crippen LogP contribution in [0.2, 0.25) is 20.1 Å². The van der Waals surface area contributed by atoms with Crippen molar-refractivity contribution in [1.82, 2.24) is 0 Å². The van der Waals surface area contributed by atoms with E-state index in [2.05, 4.69) is 0 Å². The molecule has 12 heteroatoms. The highest BCUT2D eigenvalue weighted by atomic mass is 35.5. The molecule has 320 valence electrons. The molecule has 8 rings (SSSR count). The molecule has 0 saturated carbocycles. The van der Waals surface area contributed by atoms with E-state index in [9.17, 15) is 19.2 Å². The van der Waals surface area contributed by atoms with Gasteiger partial charge in [0.05, 0.1) is 0 Å². The minimum absolute atomic E-state index is 0.111. The van der Waals surface area contributed by atoms with Crippen LogP contribution in [0.15, 0.2) is 194 Å². The quantitative estimate of drug-likeness (QED) is 0.0861. The molecule has 8 N–H and O–H groups in total. The fourth-order valence-electron chi connectivity index (χ4n) is 5.88. The van der Waals surface area contributed by atoms with E-state index in [0.29, 0.717) is 87.3 Å². The van der Waals surface area contributed by atoms with Crippen LogP contribution in [0.4, 0.5) is 22.7 Å². The lowest BCUT2D eigenvalue weighted by molar-refractivity contribution is 0.103. The lowest BCUT2D eigenvalue weighted by Gasteiger charge is -2.05. The van der Waals surface area contributed by atoms with Crippen LogP contribution in [0.3, 0.4) is 0 Å². The van der Waals surface area contributed by atoms with Gasteiger partial charge in [0.1, 0.15) is 0 Å². The van der Waals surface area contributed by atoms with Crippen LogP contribution >= 0.6 is 46.4 Å². The predicted molar refractivity (Wildman–Crippen MR) is 263 cm³/mol. The number of nitrogen functional groups attached to an aromatic ring is 4. The van der Waals surface area contributed by atoms with E-state index in [0.717, 1.165) is 0 Å². The van der Waals surface area contributed by atoms with Crippen molar-refractivity contribution in [3.63, 3.8) is 0 Å². The number of halogens is 4. The highest BCUT2D eigenvalue weighted by Gasteiger charge is 2.15. The van der Waals surface area contributed by atoms with E-state index < -0.39 is 0 Å². The van der Waals surface area contributed by atoms with Gasteiger partial charge in [0.15, 0.2) is 23.1 Å². The molecule has 0 fully saturated rings. The zero-order chi connectivity index (χ0) is 46.2. The first-order valence-corrected chi connectivity index (χ1v) is 20.8. The first kappa shape index (κ1) is 47.8. The average molecular weight is 927 g/mol. The zero-order valence-corrected chi connectivity index (χ0v) is 37.0. The summed E-state index contributed by atoms with van der Waals surface area (Å²) in [5, 5.41) is 2.03. The highest BCUT2D eigenvalue weighted by molar-refractivity contribution is 6.32. The lowest BCUT2D eigenvalue weighted by atomic mass is 10.0. The Morgan fingerprint density at radius 3 is 0.609 bits per heavy atom. The molecule has 0 bridgehead atoms. The third-order valence-electron chi connectivity index (χ3n) is 9.18. The van der Waals surface area contributed by atoms with Crippen LogP contribution in [-0.4, -0.2) is 23.1 Å². The second-order valence-corrected chi connectivity index (χ2v) is 15.5. The summed E-state index contributed by atoms with van der Waals surface area (Å²) >= 11 is 23.4. The Labute approximate surface area is 391 Å². The topological polar surface area (TPSA) is 172 Å². The molecule has 0 spiro atoms. The predicted octanol–water partition coefficient (Wildman–Crippen LogP) is 12.6. The van der Waals surface area contributed by atoms with E-state index in [4.69, 9.17) is 69.3 Å². The first-order chi connectivity index (χ1) is 30.7. The van der Waals surface area contributed by atoms with Crippen LogP contribution in [-0.2, 0) is 0 Å². The smallest absolute Gasteiger partial charge is 0.195 e. The van der Waals surface area contributed by atoms with Crippen molar-refractivity contribution in [3.8, 4) is 0 Å². The van der Waals surface area contributed by atoms with Crippen molar-refractivity contribution in [2.24, 2.45) is 0 Å². The Kier molecular flexibility index (Phi) is 17.4. The molecule has 0 aliphatic carbocycles. The number of anilines is 4. The maximum Gasteiger partial charge on any atom is 0.195 e. The largest absolute Gasteiger partial charge is 0.398 e. The number of ketones is 4. The van der Waals surface area contributed by atoms with Gasteiger partial charge in [0.2, 0.25) is 0 Å². The molecule has 0 saturated heterocycles. The summed E-state index contributed by atoms with van der Waals surface area (Å²) in [6, 6.07) is 55.5. The molecule has 64 heavy (non-hydrogen) atoms. The van der Waals surface area contributed by atoms with Crippen molar-refractivity contribution in [2.45, 2.75) is 0 Å². The molecule has 0 radical (unpaired) electrons. The maximum absolute atomic E-state index is 12.1. The third-order valence-corrected chi connectivity index (χ3v) is 10.1. The number of hydrogen-bond donors (Lipinski definition) is 4. The Hall–Kier alpha value is -7.20. The van der Waals surface area contributed by atoms with Crippen molar-refractivity contribution >= 4 is 92.3 Å². The molecule has 0 aliphatic rings. The second-order valence-electron chi connectivity index (χ2n) is 13.7. The van der Waals surface area contributed by atoms with E-state index in [1.807, 2.05) is 72.8 Å². The van der Waals surface area contributed by atoms with E-state index in [1.165, 1.54) is 0 Å². The SMILES string of the molecule is Nc1ccc(Cl)cc1C(=O)c1ccccc1.Nc1ccc(Cl)cc1C(=O)c1ccccc1.Nc1ccc(Cl)cc1C(=O)c1ccccc1.Nc1ccc(Cl)cc1C(=O)c1ccccc1. The molecule has 0 atom stereocenters. The minimum Gasteiger partial charge on any atom is -0.398 e. The summed E-state index contributed by atoms with van der Waals surface area (Å²) in [5.41, 5.74) is 29.0. The Balaban J connectivity index is 0.000000161. The molecule has 0 amide bonds. The van der Waals surface area contributed by atoms with E-state index in [1.54, 1.807) is 121 Å². The number of nitrogens with two attached hydrogens (primary N) is 4. The van der Waals surface area contributed by atoms with Gasteiger partial charge in [-0.05, 0) is 72.8 Å². The standard InChI is InChI=1S/4C13H10ClNO/c4*14-10-6-7-12(15)11(8-10)13(16)9-4-2-1-3-5-9/h4*1-8H,15H2. The highest BCUT2D eigenvalue weighted by Crippen LogP contribution is 2.24. The van der Waals surface area contributed by atoms with Gasteiger partial charge >= 0.3 is 0 Å². The summed E-state index contributed by atoms with van der Waals surface area (Å²) in [7, 11) is 0. The minimum atomic E-state index is -0.111. The summed E-state index contributed by atoms with van der Waals surface area (Å²) in [6.07, 6.45) is 0. The first-order valence-electron chi connectivity index (χ1n) is 19.3. The number of rotatable bonds is 8. The fraction of sp³-hybridized carbons (Fsp3) is 0. The van der Waals surface area contributed by atoms with Crippen LogP contribution in [0, 0.1) is 0 Å². The average Bonchev–Trinajstić information content (AvgIpc) is 3.33. The van der Waals surface area contributed by atoms with Gasteiger partial charge in [-0.3, -0.25) is 19.2 Å². The van der Waals surface area contributed by atoms with Crippen LogP contribution in [0.5, 0.6) is 0 Å². The maximum atomic E-state index is 12.1. The van der Waals surface area contributed by atoms with Crippen LogP contribution in [0.1, 0.15) is 63.7 Å². The van der Waals surface area contributed by atoms with Gasteiger partial charge in [0, 0.05) is 87.3 Å². The van der Waals surface area contributed by atoms with E-state index >= 15 is 0 Å². The summed E-state index contributed by atoms with van der Waals surface area (Å²) in [4.78, 5) is 48.3. The molecule has 0 unspecified atom stereocenters. The third kappa shape index (κ3) is 13.4. The summed E-state index contributed by atoms with van der Waals surface area (Å²) in [6.45, 7) is 0. The number of hydrogen-bond acceptors (Lipinski definition) is 8. The summed E-state index contributed by atoms with van der Waals surface area (Å²) in [5.74, 6) is -0.442. The molecule has 0 heterocycles. The Morgan fingerprint density at radius 1 is 0.266 bits per heavy atom. The lowest BCUT2D eigenvalue weighted by Crippen LogP contribution is -2.04. The van der Waals surface area contributed by atoms with Gasteiger partial charge in [0.25, 0.3) is 0 Å². The van der Waals surface area contributed by atoms with E-state index in [-0.39, 0.29) is 23.1 Å². The molecule has 0 aromatic heterocycles. The van der Waals surface area contributed by atoms with Gasteiger partial charge in [-0.25, -0.2) is 0 Å². The number of carbonyl (C=O) groups excluding carboxylic acids is 4. The number of benzene rings is 8. The van der Waals surface area contributed by atoms with Crippen LogP contribution in [0.25, 0.3) is 0 Å². The molecule has 8 aromatic rings. The van der Waals surface area contributed by atoms with Crippen molar-refractivity contribution in [3.05, 3.63) is 259 Å². The molecule has 8 aromatic carbocycles. The van der Waals surface area contributed by atoms with Gasteiger partial charge in [-0.2, -0.15) is 0 Å². The van der Waals surface area contributed by atoms with Gasteiger partial charge in [-0.15, -0.1) is 0 Å².